The van der Waals surface area contributed by atoms with Gasteiger partial charge in [-0.25, -0.2) is 0 Å². The summed E-state index contributed by atoms with van der Waals surface area (Å²) in [5, 5.41) is 19.7. The number of halogens is 1. The number of rotatable bonds is 6. The normalized spacial score (nSPS) is 13.8. The van der Waals surface area contributed by atoms with E-state index < -0.39 is 12.2 Å². The van der Waals surface area contributed by atoms with Gasteiger partial charge in [-0.3, -0.25) is 0 Å². The molecule has 0 fully saturated rings. The van der Waals surface area contributed by atoms with Crippen LogP contribution in [0.15, 0.2) is 54.6 Å². The van der Waals surface area contributed by atoms with Gasteiger partial charge in [-0.2, -0.15) is 0 Å². The zero-order valence-corrected chi connectivity index (χ0v) is 11.7. The fourth-order valence-corrected chi connectivity index (χ4v) is 2.07. The molecule has 0 bridgehead atoms. The van der Waals surface area contributed by atoms with Crippen LogP contribution < -0.4 is 4.74 Å². The highest BCUT2D eigenvalue weighted by Crippen LogP contribution is 2.25. The first kappa shape index (κ1) is 14.9. The van der Waals surface area contributed by atoms with Gasteiger partial charge >= 0.3 is 0 Å². The molecule has 20 heavy (non-hydrogen) atoms. The monoisotopic (exact) mass is 292 g/mol. The highest BCUT2D eigenvalue weighted by Gasteiger charge is 2.17. The minimum absolute atomic E-state index is 0.313. The molecule has 2 aromatic carbocycles. The highest BCUT2D eigenvalue weighted by atomic mass is 35.5. The molecule has 0 aliphatic rings. The predicted molar refractivity (Wildman–Crippen MR) is 79.3 cm³/mol. The van der Waals surface area contributed by atoms with Gasteiger partial charge < -0.3 is 14.9 Å². The summed E-state index contributed by atoms with van der Waals surface area (Å²) in [5.74, 6) is 1.75. The van der Waals surface area contributed by atoms with Gasteiger partial charge in [-0.1, -0.05) is 30.3 Å². The van der Waals surface area contributed by atoms with Crippen molar-refractivity contribution < 1.29 is 14.9 Å². The lowest BCUT2D eigenvalue weighted by Gasteiger charge is -2.17. The van der Waals surface area contributed by atoms with E-state index in [1.807, 2.05) is 30.3 Å². The minimum Gasteiger partial charge on any atom is -0.457 e. The number of alkyl halides is 1. The summed E-state index contributed by atoms with van der Waals surface area (Å²) in [7, 11) is 0. The zero-order valence-electron chi connectivity index (χ0n) is 10.9. The zero-order chi connectivity index (χ0) is 14.4. The summed E-state index contributed by atoms with van der Waals surface area (Å²) < 4.78 is 5.66. The van der Waals surface area contributed by atoms with E-state index in [9.17, 15) is 10.2 Å². The summed E-state index contributed by atoms with van der Waals surface area (Å²) >= 11 is 5.55. The molecule has 2 N–H and O–H groups in total. The summed E-state index contributed by atoms with van der Waals surface area (Å²) in [6, 6.07) is 16.5. The van der Waals surface area contributed by atoms with Crippen LogP contribution in [0.2, 0.25) is 0 Å². The molecule has 3 nitrogen and oxygen atoms in total. The number of hydrogen-bond acceptors (Lipinski definition) is 3. The Kier molecular flexibility index (Phi) is 5.41. The molecule has 0 spiro atoms. The minimum atomic E-state index is -0.931. The van der Waals surface area contributed by atoms with Crippen molar-refractivity contribution in [2.24, 2.45) is 0 Å². The standard InChI is InChI=1S/C16H17ClO3/c17-11-10-15(18)16(19)12-6-8-14(9-7-12)20-13-4-2-1-3-5-13/h1-9,15-16,18-19H,10-11H2. The van der Waals surface area contributed by atoms with Gasteiger partial charge in [0.2, 0.25) is 0 Å². The van der Waals surface area contributed by atoms with Crippen LogP contribution in [0.1, 0.15) is 18.1 Å². The van der Waals surface area contributed by atoms with Crippen molar-refractivity contribution in [2.75, 3.05) is 5.88 Å². The number of hydrogen-bond donors (Lipinski definition) is 2. The van der Waals surface area contributed by atoms with Crippen LogP contribution in [0.3, 0.4) is 0 Å². The molecule has 4 heteroatoms. The maximum atomic E-state index is 9.95. The summed E-state index contributed by atoms with van der Waals surface area (Å²) in [6.07, 6.45) is -1.43. The Balaban J connectivity index is 2.03. The van der Waals surface area contributed by atoms with Crippen LogP contribution in [0, 0.1) is 0 Å². The topological polar surface area (TPSA) is 49.7 Å². The van der Waals surface area contributed by atoms with E-state index in [1.165, 1.54) is 0 Å². The van der Waals surface area contributed by atoms with Crippen LogP contribution in [-0.4, -0.2) is 22.2 Å². The first-order chi connectivity index (χ1) is 9.70. The Hall–Kier alpha value is -1.55. The van der Waals surface area contributed by atoms with Gasteiger partial charge in [-0.05, 0) is 36.2 Å². The number of aliphatic hydroxyl groups excluding tert-OH is 2. The fourth-order valence-electron chi connectivity index (χ4n) is 1.85. The number of benzene rings is 2. The van der Waals surface area contributed by atoms with Crippen molar-refractivity contribution in [3.8, 4) is 11.5 Å². The number of ether oxygens (including phenoxy) is 1. The van der Waals surface area contributed by atoms with E-state index in [1.54, 1.807) is 24.3 Å². The van der Waals surface area contributed by atoms with E-state index in [-0.39, 0.29) is 0 Å². The summed E-state index contributed by atoms with van der Waals surface area (Å²) in [6.45, 7) is 0. The van der Waals surface area contributed by atoms with E-state index in [4.69, 9.17) is 16.3 Å². The lowest BCUT2D eigenvalue weighted by Crippen LogP contribution is -2.18. The molecule has 2 atom stereocenters. The van der Waals surface area contributed by atoms with Gasteiger partial charge in [0, 0.05) is 5.88 Å². The predicted octanol–water partition coefficient (Wildman–Crippen LogP) is 3.50. The van der Waals surface area contributed by atoms with E-state index in [2.05, 4.69) is 0 Å². The largest absolute Gasteiger partial charge is 0.457 e. The van der Waals surface area contributed by atoms with Crippen molar-refractivity contribution in [3.05, 3.63) is 60.2 Å². The third-order valence-corrected chi connectivity index (χ3v) is 3.19. The second-order valence-electron chi connectivity index (χ2n) is 4.47. The summed E-state index contributed by atoms with van der Waals surface area (Å²) in [5.41, 5.74) is 0.642. The Bertz CT molecular complexity index is 513. The van der Waals surface area contributed by atoms with E-state index in [0.29, 0.717) is 23.6 Å². The second-order valence-corrected chi connectivity index (χ2v) is 4.85. The Morgan fingerprint density at radius 2 is 1.50 bits per heavy atom. The molecule has 0 amide bonds. The molecule has 2 unspecified atom stereocenters. The van der Waals surface area contributed by atoms with Gasteiger partial charge in [0.25, 0.3) is 0 Å². The van der Waals surface area contributed by atoms with Crippen molar-refractivity contribution in [2.45, 2.75) is 18.6 Å². The second kappa shape index (κ2) is 7.29. The smallest absolute Gasteiger partial charge is 0.127 e. The lowest BCUT2D eigenvalue weighted by molar-refractivity contribution is 0.0170. The number of aliphatic hydroxyl groups is 2. The Labute approximate surface area is 123 Å². The van der Waals surface area contributed by atoms with Crippen LogP contribution in [0.5, 0.6) is 11.5 Å². The third-order valence-electron chi connectivity index (χ3n) is 2.97. The molecule has 106 valence electrons. The first-order valence-electron chi connectivity index (χ1n) is 6.45. The molecular formula is C16H17ClO3. The molecule has 0 radical (unpaired) electrons. The Morgan fingerprint density at radius 1 is 0.900 bits per heavy atom. The molecule has 2 rings (SSSR count). The number of para-hydroxylation sites is 1. The Morgan fingerprint density at radius 3 is 2.10 bits per heavy atom. The SMILES string of the molecule is OC(CCCl)C(O)c1ccc(Oc2ccccc2)cc1. The van der Waals surface area contributed by atoms with Crippen LogP contribution in [-0.2, 0) is 0 Å². The average Bonchev–Trinajstić information content (AvgIpc) is 2.48. The molecule has 0 heterocycles. The maximum absolute atomic E-state index is 9.95. The van der Waals surface area contributed by atoms with Crippen LogP contribution >= 0.6 is 11.6 Å². The van der Waals surface area contributed by atoms with Crippen LogP contribution in [0.25, 0.3) is 0 Å². The van der Waals surface area contributed by atoms with Gasteiger partial charge in [-0.15, -0.1) is 11.6 Å². The average molecular weight is 293 g/mol. The van der Waals surface area contributed by atoms with Crippen molar-refractivity contribution in [1.82, 2.24) is 0 Å². The fraction of sp³-hybridized carbons (Fsp3) is 0.250. The van der Waals surface area contributed by atoms with Gasteiger partial charge in [0.15, 0.2) is 0 Å². The first-order valence-corrected chi connectivity index (χ1v) is 6.99. The van der Waals surface area contributed by atoms with Crippen molar-refractivity contribution in [1.29, 1.82) is 0 Å². The van der Waals surface area contributed by atoms with E-state index >= 15 is 0 Å². The molecule has 0 aromatic heterocycles. The molecule has 2 aromatic rings. The highest BCUT2D eigenvalue weighted by molar-refractivity contribution is 6.17. The van der Waals surface area contributed by atoms with Crippen molar-refractivity contribution in [3.63, 3.8) is 0 Å². The molecular weight excluding hydrogens is 276 g/mol. The molecule has 0 aliphatic carbocycles. The quantitative estimate of drug-likeness (QED) is 0.801. The van der Waals surface area contributed by atoms with Gasteiger partial charge in [0.05, 0.1) is 6.10 Å². The molecule has 0 aliphatic heterocycles. The van der Waals surface area contributed by atoms with Crippen LogP contribution in [0.4, 0.5) is 0 Å². The third kappa shape index (κ3) is 3.97. The molecule has 0 saturated carbocycles. The van der Waals surface area contributed by atoms with Gasteiger partial charge in [0.1, 0.15) is 17.6 Å². The van der Waals surface area contributed by atoms with Crippen molar-refractivity contribution >= 4 is 11.6 Å². The summed E-state index contributed by atoms with van der Waals surface area (Å²) in [4.78, 5) is 0. The van der Waals surface area contributed by atoms with E-state index in [0.717, 1.165) is 5.75 Å². The molecule has 0 saturated heterocycles. The lowest BCUT2D eigenvalue weighted by atomic mass is 10.0. The maximum Gasteiger partial charge on any atom is 0.127 e.